The van der Waals surface area contributed by atoms with Gasteiger partial charge in [0, 0.05) is 39.0 Å². The summed E-state index contributed by atoms with van der Waals surface area (Å²) in [6.07, 6.45) is 13.7. The molecule has 15 atom stereocenters. The van der Waals surface area contributed by atoms with E-state index in [4.69, 9.17) is 18.9 Å². The molecule has 1 saturated heterocycles. The van der Waals surface area contributed by atoms with E-state index >= 15 is 0 Å². The zero-order valence-corrected chi connectivity index (χ0v) is 47.2. The second-order valence-electron chi connectivity index (χ2n) is 23.0. The number of hydrogen-bond acceptors (Lipinski definition) is 14. The van der Waals surface area contributed by atoms with Crippen molar-refractivity contribution in [1.82, 2.24) is 4.90 Å². The van der Waals surface area contributed by atoms with E-state index in [2.05, 4.69) is 26.8 Å². The predicted molar refractivity (Wildman–Crippen MR) is 284 cm³/mol. The molecule has 15 unspecified atom stereocenters. The number of ketones is 3. The van der Waals surface area contributed by atoms with Gasteiger partial charge in [0.15, 0.2) is 5.78 Å². The molecule has 15 heteroatoms. The highest BCUT2D eigenvalue weighted by molar-refractivity contribution is 6.39. The lowest BCUT2D eigenvalue weighted by Gasteiger charge is -2.39. The number of ether oxygens (including phenoxy) is 4. The number of amides is 1. The summed E-state index contributed by atoms with van der Waals surface area (Å²) >= 11 is 0. The van der Waals surface area contributed by atoms with Crippen LogP contribution in [-0.2, 0) is 47.7 Å². The number of carbonyl (C=O) groups excluding carboxylic acids is 6. The molecule has 2 fully saturated rings. The SMILES string of the molecule is CCC1CC(C)CCC(C)C(C)(O)C(=O)C(=O)N2CCCCC2C(=O)OC(C(C)CC2CCC(OC(=O)C(C)(CO)CO)C(OC)C2)CC(=O)C(C)/C=C(\C)C(O)C(OC)C(=O)C(C)CC(C)/C=C/C=C/C=C/1C. The van der Waals surface area contributed by atoms with Gasteiger partial charge in [0.05, 0.1) is 19.3 Å². The van der Waals surface area contributed by atoms with Crippen LogP contribution in [0.2, 0.25) is 0 Å². The van der Waals surface area contributed by atoms with E-state index in [1.54, 1.807) is 26.8 Å². The van der Waals surface area contributed by atoms with Crippen LogP contribution in [0.25, 0.3) is 0 Å². The number of esters is 2. The van der Waals surface area contributed by atoms with Crippen molar-refractivity contribution >= 4 is 35.2 Å². The van der Waals surface area contributed by atoms with Crippen LogP contribution in [-0.4, -0.2) is 137 Å². The molecule has 0 spiro atoms. The summed E-state index contributed by atoms with van der Waals surface area (Å²) in [6, 6.07) is -1.14. The number of aliphatic hydroxyl groups is 4. The fraction of sp³-hybridized carbons (Fsp3) is 0.763. The molecule has 0 radical (unpaired) electrons. The molecule has 3 aliphatic rings. The van der Waals surface area contributed by atoms with E-state index < -0.39 is 108 Å². The number of methoxy groups -OCH3 is 2. The number of aliphatic hydroxyl groups excluding tert-OH is 3. The molecule has 0 aromatic rings. The highest BCUT2D eigenvalue weighted by atomic mass is 16.6. The molecule has 15 nitrogen and oxygen atoms in total. The fourth-order valence-electron chi connectivity index (χ4n) is 10.9. The van der Waals surface area contributed by atoms with Gasteiger partial charge in [-0.05, 0) is 139 Å². The number of hydrogen-bond donors (Lipinski definition) is 4. The van der Waals surface area contributed by atoms with Gasteiger partial charge in [0.1, 0.15) is 47.3 Å². The highest BCUT2D eigenvalue weighted by Gasteiger charge is 2.46. The molecule has 74 heavy (non-hydrogen) atoms. The monoisotopic (exact) mass is 1040 g/mol. The zero-order valence-electron chi connectivity index (χ0n) is 47.2. The number of rotatable bonds is 10. The first-order valence-electron chi connectivity index (χ1n) is 27.5. The van der Waals surface area contributed by atoms with Crippen molar-refractivity contribution in [3.05, 3.63) is 47.6 Å². The van der Waals surface area contributed by atoms with Crippen LogP contribution in [0.3, 0.4) is 0 Å². The Kier molecular flexibility index (Phi) is 26.3. The van der Waals surface area contributed by atoms with Crippen LogP contribution >= 0.6 is 0 Å². The van der Waals surface area contributed by atoms with Gasteiger partial charge < -0.3 is 44.3 Å². The number of cyclic esters (lactones) is 1. The van der Waals surface area contributed by atoms with Crippen LogP contribution < -0.4 is 0 Å². The molecule has 0 aromatic heterocycles. The first-order valence-corrected chi connectivity index (χ1v) is 27.5. The van der Waals surface area contributed by atoms with Crippen molar-refractivity contribution in [2.24, 2.45) is 52.8 Å². The van der Waals surface area contributed by atoms with E-state index in [9.17, 15) is 49.2 Å². The van der Waals surface area contributed by atoms with Gasteiger partial charge in [0.2, 0.25) is 0 Å². The Bertz CT molecular complexity index is 1980. The number of nitrogens with zero attached hydrogens (tertiary/aromatic N) is 1. The van der Waals surface area contributed by atoms with E-state index in [1.165, 1.54) is 38.5 Å². The van der Waals surface area contributed by atoms with Crippen LogP contribution in [0.15, 0.2) is 47.6 Å². The van der Waals surface area contributed by atoms with Crippen LogP contribution in [0.4, 0.5) is 0 Å². The Morgan fingerprint density at radius 2 is 1.55 bits per heavy atom. The Hall–Kier alpha value is -3.86. The minimum atomic E-state index is -2.00. The molecule has 0 bridgehead atoms. The molecule has 0 aromatic carbocycles. The summed E-state index contributed by atoms with van der Waals surface area (Å²) in [5.74, 6) is -5.59. The molecule has 1 saturated carbocycles. The second-order valence-corrected chi connectivity index (χ2v) is 23.0. The topological polar surface area (TPSA) is 223 Å². The van der Waals surface area contributed by atoms with E-state index in [-0.39, 0.29) is 48.7 Å². The first kappa shape index (κ1) is 64.4. The van der Waals surface area contributed by atoms with Gasteiger partial charge in [-0.3, -0.25) is 24.0 Å². The Labute approximate surface area is 442 Å². The third-order valence-electron chi connectivity index (χ3n) is 16.7. The third kappa shape index (κ3) is 17.9. The number of fused-ring (bicyclic) bond motifs is 1. The Morgan fingerprint density at radius 1 is 0.878 bits per heavy atom. The van der Waals surface area contributed by atoms with Crippen molar-refractivity contribution in [3.8, 4) is 0 Å². The highest BCUT2D eigenvalue weighted by Crippen LogP contribution is 2.37. The lowest BCUT2D eigenvalue weighted by Crippen LogP contribution is -2.57. The van der Waals surface area contributed by atoms with Crippen molar-refractivity contribution in [1.29, 1.82) is 0 Å². The van der Waals surface area contributed by atoms with Crippen molar-refractivity contribution < 1.29 is 68.1 Å². The zero-order chi connectivity index (χ0) is 55.7. The standard InChI is InChI=1S/C59H95NO14/c1-14-45-29-37(3)23-24-43(9)59(11,70)54(66)55(67)60-27-19-18-22-46(60)56(68)73-49(40(6)31-44-25-26-48(50(32-44)71-12)74-57(69)58(10,34-61)35-62)33-47(63)39(5)30-42(8)52(65)53(72-13)51(64)41(7)28-36(2)20-16-15-17-21-38(45)4/h15-17,20-21,30,36-37,39-41,43-46,48-50,52-53,61-62,65,70H,14,18-19,22-29,31-35H2,1-13H3/b17-15+,20-16+,38-21+,42-30+. The van der Waals surface area contributed by atoms with Gasteiger partial charge in [-0.15, -0.1) is 0 Å². The van der Waals surface area contributed by atoms with Gasteiger partial charge in [-0.2, -0.15) is 0 Å². The van der Waals surface area contributed by atoms with Crippen LogP contribution in [0.1, 0.15) is 160 Å². The molecule has 1 amide bonds. The maximum atomic E-state index is 14.5. The van der Waals surface area contributed by atoms with E-state index in [1.807, 2.05) is 45.1 Å². The molecular weight excluding hydrogens is 947 g/mol. The minimum absolute atomic E-state index is 0.0207. The van der Waals surface area contributed by atoms with Gasteiger partial charge in [-0.1, -0.05) is 96.9 Å². The molecule has 1 aliphatic carbocycles. The maximum Gasteiger partial charge on any atom is 0.329 e. The molecule has 420 valence electrons. The molecular formula is C59H95NO14. The number of allylic oxidation sites excluding steroid dienone is 7. The molecule has 3 rings (SSSR count). The summed E-state index contributed by atoms with van der Waals surface area (Å²) in [4.78, 5) is 85.1. The summed E-state index contributed by atoms with van der Waals surface area (Å²) in [6.45, 7) is 19.0. The van der Waals surface area contributed by atoms with Gasteiger partial charge >= 0.3 is 11.9 Å². The van der Waals surface area contributed by atoms with Crippen molar-refractivity contribution in [3.63, 3.8) is 0 Å². The van der Waals surface area contributed by atoms with Gasteiger partial charge in [0.25, 0.3) is 11.7 Å². The first-order chi connectivity index (χ1) is 34.8. The average Bonchev–Trinajstić information content (AvgIpc) is 3.38. The smallest absolute Gasteiger partial charge is 0.329 e. The number of piperidine rings is 1. The Morgan fingerprint density at radius 3 is 2.18 bits per heavy atom. The molecule has 2 heterocycles. The normalized spacial score (nSPS) is 36.7. The molecule has 2 aliphatic heterocycles. The largest absolute Gasteiger partial charge is 0.460 e. The van der Waals surface area contributed by atoms with Crippen LogP contribution in [0.5, 0.6) is 0 Å². The average molecular weight is 1040 g/mol. The second kappa shape index (κ2) is 30.2. The number of Topliss-reactive ketones (excluding diaryl/α,β-unsaturated/α-hetero) is 3. The lowest BCUT2D eigenvalue weighted by atomic mass is 9.78. The quantitative estimate of drug-likeness (QED) is 0.0924. The number of carbonyl (C=O) groups is 6. The van der Waals surface area contributed by atoms with Gasteiger partial charge in [-0.25, -0.2) is 4.79 Å². The minimum Gasteiger partial charge on any atom is -0.460 e. The fourth-order valence-corrected chi connectivity index (χ4v) is 10.9. The maximum absolute atomic E-state index is 14.5. The van der Waals surface area contributed by atoms with Crippen molar-refractivity contribution in [2.45, 2.75) is 202 Å². The summed E-state index contributed by atoms with van der Waals surface area (Å²) in [5.41, 5.74) is -1.88. The Balaban J connectivity index is 2.01. The third-order valence-corrected chi connectivity index (χ3v) is 16.7. The summed E-state index contributed by atoms with van der Waals surface area (Å²) in [5, 5.41) is 42.9. The summed E-state index contributed by atoms with van der Waals surface area (Å²) in [7, 11) is 2.89. The van der Waals surface area contributed by atoms with Crippen molar-refractivity contribution in [2.75, 3.05) is 34.0 Å². The lowest BCUT2D eigenvalue weighted by molar-refractivity contribution is -0.177. The molecule has 4 N–H and O–H groups in total. The summed E-state index contributed by atoms with van der Waals surface area (Å²) < 4.78 is 23.5. The van der Waals surface area contributed by atoms with E-state index in [0.29, 0.717) is 62.9 Å². The predicted octanol–water partition coefficient (Wildman–Crippen LogP) is 8.03. The van der Waals surface area contributed by atoms with Crippen LogP contribution in [0, 0.1) is 52.8 Å². The van der Waals surface area contributed by atoms with E-state index in [0.717, 1.165) is 19.3 Å².